The van der Waals surface area contributed by atoms with E-state index >= 15 is 0 Å². The first-order valence-corrected chi connectivity index (χ1v) is 11.8. The SMILES string of the molecule is CCC(C)C(NC(=O)C(CCC(N)=O)NC(=O)C(NC(=O)C(N)Cc1ccccc1)C(C)O)C(=O)O. The molecule has 1 aromatic rings. The van der Waals surface area contributed by atoms with Gasteiger partial charge in [0, 0.05) is 6.42 Å². The topological polar surface area (TPSA) is 214 Å². The Balaban J connectivity index is 2.97. The molecule has 0 aliphatic heterocycles. The standard InChI is InChI=1S/C24H37N5O7/c1-4-13(2)19(24(35)36)28-22(33)17(10-11-18(26)31)27-23(34)20(14(3)30)29-21(32)16(25)12-15-8-6-5-7-9-15/h5-9,13-14,16-17,19-20,30H,4,10-12,25H2,1-3H3,(H2,26,31)(H,27,34)(H,28,33)(H,29,32)(H,35,36). The number of amides is 4. The van der Waals surface area contributed by atoms with E-state index in [-0.39, 0.29) is 19.3 Å². The molecule has 6 atom stereocenters. The second-order valence-electron chi connectivity index (χ2n) is 8.80. The van der Waals surface area contributed by atoms with E-state index in [1.807, 2.05) is 6.07 Å². The summed E-state index contributed by atoms with van der Waals surface area (Å²) < 4.78 is 0. The van der Waals surface area contributed by atoms with Crippen molar-refractivity contribution < 1.29 is 34.2 Å². The Bertz CT molecular complexity index is 909. The van der Waals surface area contributed by atoms with Gasteiger partial charge in [-0.25, -0.2) is 4.79 Å². The Morgan fingerprint density at radius 1 is 0.917 bits per heavy atom. The molecule has 36 heavy (non-hydrogen) atoms. The van der Waals surface area contributed by atoms with Crippen LogP contribution < -0.4 is 27.4 Å². The van der Waals surface area contributed by atoms with Gasteiger partial charge in [0.2, 0.25) is 23.6 Å². The molecule has 12 heteroatoms. The number of benzene rings is 1. The van der Waals surface area contributed by atoms with Crippen molar-refractivity contribution in [3.63, 3.8) is 0 Å². The summed E-state index contributed by atoms with van der Waals surface area (Å²) in [4.78, 5) is 61.2. The fourth-order valence-corrected chi connectivity index (χ4v) is 3.38. The van der Waals surface area contributed by atoms with Gasteiger partial charge in [-0.15, -0.1) is 0 Å². The van der Waals surface area contributed by atoms with Crippen LogP contribution in [0.25, 0.3) is 0 Å². The number of carbonyl (C=O) groups is 5. The molecule has 9 N–H and O–H groups in total. The Labute approximate surface area is 210 Å². The fraction of sp³-hybridized carbons (Fsp3) is 0.542. The second kappa shape index (κ2) is 14.8. The zero-order valence-corrected chi connectivity index (χ0v) is 20.8. The lowest BCUT2D eigenvalue weighted by Gasteiger charge is -2.27. The number of hydrogen-bond donors (Lipinski definition) is 7. The van der Waals surface area contributed by atoms with Crippen molar-refractivity contribution in [1.29, 1.82) is 0 Å². The van der Waals surface area contributed by atoms with Crippen LogP contribution in [0, 0.1) is 5.92 Å². The maximum atomic E-state index is 12.9. The number of nitrogens with two attached hydrogens (primary N) is 2. The molecule has 12 nitrogen and oxygen atoms in total. The summed E-state index contributed by atoms with van der Waals surface area (Å²) in [6.07, 6.45) is -1.18. The van der Waals surface area contributed by atoms with Crippen molar-refractivity contribution in [3.8, 4) is 0 Å². The molecule has 0 radical (unpaired) electrons. The van der Waals surface area contributed by atoms with Crippen LogP contribution in [-0.2, 0) is 30.4 Å². The number of aliphatic hydroxyl groups is 1. The number of carbonyl (C=O) groups excluding carboxylic acids is 4. The highest BCUT2D eigenvalue weighted by atomic mass is 16.4. The summed E-state index contributed by atoms with van der Waals surface area (Å²) >= 11 is 0. The lowest BCUT2D eigenvalue weighted by atomic mass is 9.98. The van der Waals surface area contributed by atoms with E-state index < -0.39 is 65.8 Å². The molecule has 4 amide bonds. The van der Waals surface area contributed by atoms with Crippen LogP contribution in [0.2, 0.25) is 0 Å². The summed E-state index contributed by atoms with van der Waals surface area (Å²) in [6, 6.07) is 3.94. The van der Waals surface area contributed by atoms with Crippen LogP contribution in [0.4, 0.5) is 0 Å². The van der Waals surface area contributed by atoms with Gasteiger partial charge in [-0.1, -0.05) is 50.6 Å². The van der Waals surface area contributed by atoms with Crippen LogP contribution in [0.3, 0.4) is 0 Å². The van der Waals surface area contributed by atoms with Crippen molar-refractivity contribution >= 4 is 29.6 Å². The van der Waals surface area contributed by atoms with Gasteiger partial charge in [0.1, 0.15) is 18.1 Å². The average molecular weight is 508 g/mol. The van der Waals surface area contributed by atoms with E-state index in [1.165, 1.54) is 6.92 Å². The minimum Gasteiger partial charge on any atom is -0.480 e. The van der Waals surface area contributed by atoms with E-state index in [1.54, 1.807) is 38.1 Å². The molecule has 0 saturated heterocycles. The van der Waals surface area contributed by atoms with Gasteiger partial charge in [0.25, 0.3) is 0 Å². The normalized spacial score (nSPS) is 15.9. The van der Waals surface area contributed by atoms with Gasteiger partial charge in [0.05, 0.1) is 12.1 Å². The highest BCUT2D eigenvalue weighted by Crippen LogP contribution is 2.10. The Morgan fingerprint density at radius 3 is 2.00 bits per heavy atom. The van der Waals surface area contributed by atoms with E-state index in [9.17, 15) is 34.2 Å². The van der Waals surface area contributed by atoms with Gasteiger partial charge < -0.3 is 37.6 Å². The molecular weight excluding hydrogens is 470 g/mol. The smallest absolute Gasteiger partial charge is 0.326 e. The summed E-state index contributed by atoms with van der Waals surface area (Å²) in [5, 5.41) is 26.7. The molecule has 0 fully saturated rings. The van der Waals surface area contributed by atoms with Crippen LogP contribution in [0.1, 0.15) is 45.6 Å². The van der Waals surface area contributed by atoms with Crippen LogP contribution in [0.15, 0.2) is 30.3 Å². The van der Waals surface area contributed by atoms with Gasteiger partial charge in [-0.3, -0.25) is 19.2 Å². The molecule has 0 aromatic heterocycles. The predicted octanol–water partition coefficient (Wildman–Crippen LogP) is -1.21. The summed E-state index contributed by atoms with van der Waals surface area (Å²) in [7, 11) is 0. The molecule has 0 aliphatic rings. The highest BCUT2D eigenvalue weighted by molar-refractivity contribution is 5.94. The molecule has 0 aliphatic carbocycles. The average Bonchev–Trinajstić information content (AvgIpc) is 2.82. The first-order chi connectivity index (χ1) is 16.9. The third kappa shape index (κ3) is 10.0. The van der Waals surface area contributed by atoms with Crippen molar-refractivity contribution in [3.05, 3.63) is 35.9 Å². The monoisotopic (exact) mass is 507 g/mol. The lowest BCUT2D eigenvalue weighted by molar-refractivity contribution is -0.144. The number of nitrogens with one attached hydrogen (secondary N) is 3. The Morgan fingerprint density at radius 2 is 1.50 bits per heavy atom. The van der Waals surface area contributed by atoms with E-state index in [2.05, 4.69) is 16.0 Å². The quantitative estimate of drug-likeness (QED) is 0.152. The van der Waals surface area contributed by atoms with Gasteiger partial charge in [0.15, 0.2) is 0 Å². The van der Waals surface area contributed by atoms with Crippen LogP contribution >= 0.6 is 0 Å². The lowest BCUT2D eigenvalue weighted by Crippen LogP contribution is -2.60. The molecule has 0 spiro atoms. The van der Waals surface area contributed by atoms with Gasteiger partial charge in [-0.2, -0.15) is 0 Å². The minimum atomic E-state index is -1.46. The maximum Gasteiger partial charge on any atom is 0.326 e. The molecule has 0 saturated carbocycles. The molecule has 1 rings (SSSR count). The first-order valence-electron chi connectivity index (χ1n) is 11.8. The first kappa shape index (κ1) is 30.5. The van der Waals surface area contributed by atoms with Crippen molar-refractivity contribution in [1.82, 2.24) is 16.0 Å². The summed E-state index contributed by atoms with van der Waals surface area (Å²) in [5.74, 6) is -4.83. The second-order valence-corrected chi connectivity index (χ2v) is 8.80. The molecule has 6 unspecified atom stereocenters. The van der Waals surface area contributed by atoms with Gasteiger partial charge in [-0.05, 0) is 31.2 Å². The molecule has 0 bridgehead atoms. The zero-order valence-electron chi connectivity index (χ0n) is 20.8. The van der Waals surface area contributed by atoms with Crippen LogP contribution in [0.5, 0.6) is 0 Å². The van der Waals surface area contributed by atoms with Crippen molar-refractivity contribution in [2.75, 3.05) is 0 Å². The molecule has 1 aromatic carbocycles. The number of rotatable bonds is 15. The largest absolute Gasteiger partial charge is 0.480 e. The fourth-order valence-electron chi connectivity index (χ4n) is 3.38. The summed E-state index contributed by atoms with van der Waals surface area (Å²) in [5.41, 5.74) is 11.9. The minimum absolute atomic E-state index is 0.191. The van der Waals surface area contributed by atoms with E-state index in [0.717, 1.165) is 5.56 Å². The number of primary amides is 1. The predicted molar refractivity (Wildman–Crippen MR) is 131 cm³/mol. The van der Waals surface area contributed by atoms with E-state index in [4.69, 9.17) is 11.5 Å². The van der Waals surface area contributed by atoms with Crippen LogP contribution in [-0.4, -0.2) is 70.1 Å². The Hall–Kier alpha value is -3.51. The van der Waals surface area contributed by atoms with Gasteiger partial charge >= 0.3 is 5.97 Å². The highest BCUT2D eigenvalue weighted by Gasteiger charge is 2.33. The summed E-state index contributed by atoms with van der Waals surface area (Å²) in [6.45, 7) is 4.68. The number of aliphatic carboxylic acids is 1. The maximum absolute atomic E-state index is 12.9. The van der Waals surface area contributed by atoms with Crippen molar-refractivity contribution in [2.24, 2.45) is 17.4 Å². The molecular formula is C24H37N5O7. The Kier molecular flexibility index (Phi) is 12.5. The number of hydrogen-bond acceptors (Lipinski definition) is 7. The molecule has 200 valence electrons. The third-order valence-electron chi connectivity index (χ3n) is 5.79. The van der Waals surface area contributed by atoms with Crippen molar-refractivity contribution in [2.45, 2.75) is 76.7 Å². The number of carboxylic acid groups (broad SMARTS) is 1. The zero-order chi connectivity index (χ0) is 27.4. The third-order valence-corrected chi connectivity index (χ3v) is 5.79. The van der Waals surface area contributed by atoms with E-state index in [0.29, 0.717) is 6.42 Å². The number of aliphatic hydroxyl groups excluding tert-OH is 1. The number of carboxylic acids is 1. The molecule has 0 heterocycles.